The molecule has 0 unspecified atom stereocenters. The third-order valence-electron chi connectivity index (χ3n) is 16.4. The molecule has 3 saturated heterocycles. The standard InChI is InChI=1S/C56H67FN10O5/c1-34-26-40(28-44(57)51(34)39-15-21-63(22-16-39)36(3)48-30-42-45(12-18-59-52(42)61(48)7)66-23-17-41(58-6)29-50(66)69)54(71)64-19-13-37(14-20-64)33-65-25-24-62(31-35(65)2)32-38-8-9-46-43(27-38)56(4,5)55(72)67(46)47-10-11-49(68)60-53(47)70/h8-9,12,15,17-18,23,26-30,35-37,47,58H,10-11,13-14,16,19-22,24-25,31-33H2,1-7H3,(H,60,68,70)/t35-,36-,47+/m0/s1. The predicted molar refractivity (Wildman–Crippen MR) is 278 cm³/mol. The number of aryl methyl sites for hydroxylation is 2. The minimum Gasteiger partial charge on any atom is -0.388 e. The molecule has 4 amide bonds. The second-order valence-electron chi connectivity index (χ2n) is 21.3. The lowest BCUT2D eigenvalue weighted by Gasteiger charge is -2.42. The fraction of sp³-hybridized carbons (Fsp3) is 0.464. The molecule has 3 aromatic heterocycles. The lowest BCUT2D eigenvalue weighted by Crippen LogP contribution is -2.55. The van der Waals surface area contributed by atoms with Gasteiger partial charge in [0.1, 0.15) is 17.5 Å². The average Bonchev–Trinajstić information content (AvgIpc) is 3.80. The second kappa shape index (κ2) is 19.5. The van der Waals surface area contributed by atoms with Gasteiger partial charge in [-0.05, 0) is 125 Å². The number of carbonyl (C=O) groups is 4. The van der Waals surface area contributed by atoms with Crippen molar-refractivity contribution in [3.8, 4) is 5.69 Å². The van der Waals surface area contributed by atoms with Gasteiger partial charge in [0.05, 0.1) is 11.1 Å². The van der Waals surface area contributed by atoms with E-state index in [9.17, 15) is 24.0 Å². The van der Waals surface area contributed by atoms with Crippen LogP contribution < -0.4 is 21.1 Å². The number of nitrogens with zero attached hydrogens (tertiary/aromatic N) is 8. The van der Waals surface area contributed by atoms with Crippen LogP contribution in [0.15, 0.2) is 77.9 Å². The van der Waals surface area contributed by atoms with Gasteiger partial charge in [0.25, 0.3) is 11.5 Å². The third-order valence-corrected chi connectivity index (χ3v) is 16.4. The largest absolute Gasteiger partial charge is 0.388 e. The molecule has 0 spiro atoms. The Kier molecular flexibility index (Phi) is 13.3. The van der Waals surface area contributed by atoms with Crippen LogP contribution in [0.4, 0.5) is 15.8 Å². The number of likely N-dealkylation sites (tertiary alicyclic amines) is 1. The Balaban J connectivity index is 0.716. The quantitative estimate of drug-likeness (QED) is 0.140. The summed E-state index contributed by atoms with van der Waals surface area (Å²) in [7, 11) is 3.79. The minimum absolute atomic E-state index is 0.0302. The van der Waals surface area contributed by atoms with E-state index in [1.807, 2.05) is 57.0 Å². The maximum atomic E-state index is 16.2. The molecule has 72 heavy (non-hydrogen) atoms. The zero-order chi connectivity index (χ0) is 50.7. The van der Waals surface area contributed by atoms with Crippen LogP contribution in [0.3, 0.4) is 0 Å². The normalized spacial score (nSPS) is 21.8. The summed E-state index contributed by atoms with van der Waals surface area (Å²) in [4.78, 5) is 80.8. The van der Waals surface area contributed by atoms with E-state index in [4.69, 9.17) is 0 Å². The summed E-state index contributed by atoms with van der Waals surface area (Å²) in [5.74, 6) is -0.831. The second-order valence-corrected chi connectivity index (χ2v) is 21.3. The maximum Gasteiger partial charge on any atom is 0.257 e. The summed E-state index contributed by atoms with van der Waals surface area (Å²) in [6.07, 6.45) is 8.65. The number of pyridine rings is 2. The van der Waals surface area contributed by atoms with Gasteiger partial charge >= 0.3 is 0 Å². The first-order chi connectivity index (χ1) is 34.5. The van der Waals surface area contributed by atoms with E-state index in [0.29, 0.717) is 55.6 Å². The van der Waals surface area contributed by atoms with Crippen molar-refractivity contribution >= 4 is 51.6 Å². The summed E-state index contributed by atoms with van der Waals surface area (Å²) < 4.78 is 19.9. The number of carbonyl (C=O) groups excluding carboxylic acids is 4. The topological polar surface area (TPSA) is 148 Å². The van der Waals surface area contributed by atoms with Gasteiger partial charge in [-0.1, -0.05) is 18.2 Å². The van der Waals surface area contributed by atoms with Gasteiger partial charge in [-0.15, -0.1) is 0 Å². The number of fused-ring (bicyclic) bond motifs is 2. The number of rotatable bonds is 11. The van der Waals surface area contributed by atoms with E-state index in [2.05, 4.69) is 73.0 Å². The molecule has 2 N–H and O–H groups in total. The Hall–Kier alpha value is -6.49. The molecule has 0 radical (unpaired) electrons. The van der Waals surface area contributed by atoms with Gasteiger partial charge in [-0.25, -0.2) is 9.37 Å². The number of amides is 4. The Morgan fingerprint density at radius 3 is 2.43 bits per heavy atom. The monoisotopic (exact) mass is 979 g/mol. The summed E-state index contributed by atoms with van der Waals surface area (Å²) in [6.45, 7) is 17.4. The highest BCUT2D eigenvalue weighted by Gasteiger charge is 2.49. The summed E-state index contributed by atoms with van der Waals surface area (Å²) in [5, 5.41) is 6.32. The van der Waals surface area contributed by atoms with E-state index in [1.54, 1.807) is 35.0 Å². The number of halogens is 1. The van der Waals surface area contributed by atoms with Crippen molar-refractivity contribution in [1.29, 1.82) is 0 Å². The van der Waals surface area contributed by atoms with Gasteiger partial charge in [-0.2, -0.15) is 0 Å². The number of benzene rings is 2. The number of piperidine rings is 2. The average molecular weight is 979 g/mol. The number of hydrogen-bond acceptors (Lipinski definition) is 10. The van der Waals surface area contributed by atoms with Crippen LogP contribution in [-0.4, -0.2) is 129 Å². The molecule has 3 fully saturated rings. The number of piperazine rings is 1. The van der Waals surface area contributed by atoms with Crippen molar-refractivity contribution in [2.45, 2.75) is 96.8 Å². The zero-order valence-electron chi connectivity index (χ0n) is 42.6. The fourth-order valence-corrected chi connectivity index (χ4v) is 12.1. The van der Waals surface area contributed by atoms with Crippen molar-refractivity contribution in [3.05, 3.63) is 123 Å². The van der Waals surface area contributed by atoms with Crippen molar-refractivity contribution in [2.24, 2.45) is 13.0 Å². The molecule has 2 aromatic carbocycles. The summed E-state index contributed by atoms with van der Waals surface area (Å²) >= 11 is 0. The van der Waals surface area contributed by atoms with E-state index in [1.165, 1.54) is 6.07 Å². The van der Waals surface area contributed by atoms with Gasteiger partial charge in [-0.3, -0.25) is 53.5 Å². The van der Waals surface area contributed by atoms with Crippen molar-refractivity contribution in [3.63, 3.8) is 0 Å². The molecule has 10 rings (SSSR count). The summed E-state index contributed by atoms with van der Waals surface area (Å²) in [5.41, 5.74) is 8.00. The molecule has 5 aliphatic rings. The molecule has 5 aromatic rings. The minimum atomic E-state index is -0.782. The van der Waals surface area contributed by atoms with Crippen LogP contribution in [0.5, 0.6) is 0 Å². The van der Waals surface area contributed by atoms with Gasteiger partial charge in [0.15, 0.2) is 0 Å². The van der Waals surface area contributed by atoms with Crippen LogP contribution in [0.1, 0.15) is 104 Å². The summed E-state index contributed by atoms with van der Waals surface area (Å²) in [6, 6.07) is 16.6. The van der Waals surface area contributed by atoms with Gasteiger partial charge in [0.2, 0.25) is 17.7 Å². The van der Waals surface area contributed by atoms with Crippen molar-refractivity contribution < 1.29 is 23.6 Å². The Labute approximate surface area is 420 Å². The Morgan fingerprint density at radius 2 is 1.74 bits per heavy atom. The molecule has 15 nitrogen and oxygen atoms in total. The number of aromatic nitrogens is 3. The predicted octanol–water partition coefficient (Wildman–Crippen LogP) is 6.55. The molecular formula is C56H67FN10O5. The van der Waals surface area contributed by atoms with E-state index in [0.717, 1.165) is 108 Å². The molecular weight excluding hydrogens is 912 g/mol. The number of anilines is 2. The first kappa shape index (κ1) is 49.1. The highest BCUT2D eigenvalue weighted by Crippen LogP contribution is 2.44. The molecule has 0 aliphatic carbocycles. The first-order valence-corrected chi connectivity index (χ1v) is 25.7. The molecule has 3 atom stereocenters. The molecule has 0 saturated carbocycles. The van der Waals surface area contributed by atoms with Crippen molar-refractivity contribution in [1.82, 2.24) is 39.0 Å². The molecule has 8 heterocycles. The molecule has 0 bridgehead atoms. The van der Waals surface area contributed by atoms with Crippen molar-refractivity contribution in [2.75, 3.05) is 69.6 Å². The smallest absolute Gasteiger partial charge is 0.257 e. The van der Waals surface area contributed by atoms with Crippen LogP contribution in [-0.2, 0) is 33.4 Å². The Bertz CT molecular complexity index is 3050. The number of nitrogens with one attached hydrogen (secondary N) is 2. The Morgan fingerprint density at radius 1 is 0.944 bits per heavy atom. The lowest BCUT2D eigenvalue weighted by atomic mass is 9.85. The van der Waals surface area contributed by atoms with E-state index in [-0.39, 0.29) is 41.6 Å². The molecule has 5 aliphatic heterocycles. The van der Waals surface area contributed by atoms with Crippen LogP contribution >= 0.6 is 0 Å². The lowest BCUT2D eigenvalue weighted by molar-refractivity contribution is -0.136. The van der Waals surface area contributed by atoms with E-state index < -0.39 is 17.4 Å². The highest BCUT2D eigenvalue weighted by molar-refractivity contribution is 6.13. The first-order valence-electron chi connectivity index (χ1n) is 25.7. The van der Waals surface area contributed by atoms with Gasteiger partial charge in [0, 0.05) is 144 Å². The number of imide groups is 1. The van der Waals surface area contributed by atoms with E-state index >= 15 is 4.39 Å². The van der Waals surface area contributed by atoms with Crippen LogP contribution in [0.25, 0.3) is 22.3 Å². The third kappa shape index (κ3) is 9.06. The van der Waals surface area contributed by atoms with Crippen LogP contribution in [0.2, 0.25) is 0 Å². The highest BCUT2D eigenvalue weighted by atomic mass is 19.1. The molecule has 16 heteroatoms. The maximum absolute atomic E-state index is 16.2. The SMILES string of the molecule is CNc1ccn(-c2ccnc3c2cc([C@H](C)N2CC=C(c4c(C)cc(C(=O)N5CCC(CN6CCN(Cc7ccc8c(c7)C(C)(C)C(=O)N8[C@@H]7CCC(=O)NC7=O)C[C@@H]6C)CC5)cc4F)CC2)n3C)c(=O)c1. The molecule has 378 valence electrons. The van der Waals surface area contributed by atoms with Crippen LogP contribution in [0, 0.1) is 18.7 Å². The van der Waals surface area contributed by atoms with Gasteiger partial charge < -0.3 is 14.8 Å². The fourth-order valence-electron chi connectivity index (χ4n) is 12.1. The number of hydrogen-bond donors (Lipinski definition) is 2. The zero-order valence-corrected chi connectivity index (χ0v) is 42.6.